The highest BCUT2D eigenvalue weighted by Gasteiger charge is 2.46. The third-order valence-electron chi connectivity index (χ3n) is 8.12. The van der Waals surface area contributed by atoms with Crippen LogP contribution in [-0.2, 0) is 40.1 Å². The average molecular weight is 582 g/mol. The van der Waals surface area contributed by atoms with Crippen molar-refractivity contribution in [1.29, 1.82) is 0 Å². The highest BCUT2D eigenvalue weighted by Crippen LogP contribution is 2.44. The lowest BCUT2D eigenvalue weighted by molar-refractivity contribution is -0.158. The minimum atomic E-state index is -1.16. The summed E-state index contributed by atoms with van der Waals surface area (Å²) in [4.78, 5) is 56.2. The molecule has 6 atom stereocenters. The van der Waals surface area contributed by atoms with E-state index in [1.807, 2.05) is 51.1 Å². The largest absolute Gasteiger partial charge is 0.461 e. The highest BCUT2D eigenvalue weighted by atomic mass is 16.6. The van der Waals surface area contributed by atoms with Crippen molar-refractivity contribution in [2.75, 3.05) is 6.61 Å². The maximum Gasteiger partial charge on any atom is 0.308 e. The van der Waals surface area contributed by atoms with Gasteiger partial charge in [0.05, 0.1) is 24.2 Å². The number of benzene rings is 1. The maximum atomic E-state index is 13.2. The third-order valence-corrected chi connectivity index (χ3v) is 8.12. The van der Waals surface area contributed by atoms with Gasteiger partial charge in [-0.15, -0.1) is 0 Å². The smallest absolute Gasteiger partial charge is 0.308 e. The van der Waals surface area contributed by atoms with Crippen molar-refractivity contribution in [3.63, 3.8) is 0 Å². The molecule has 1 N–H and O–H groups in total. The van der Waals surface area contributed by atoms with Crippen LogP contribution in [-0.4, -0.2) is 53.1 Å². The van der Waals surface area contributed by atoms with E-state index in [0.717, 1.165) is 5.56 Å². The molecule has 3 rings (SSSR count). The number of ether oxygens (including phenoxy) is 2. The van der Waals surface area contributed by atoms with Crippen molar-refractivity contribution in [3.05, 3.63) is 60.2 Å². The lowest BCUT2D eigenvalue weighted by atomic mass is 9.63. The number of aliphatic hydroxyl groups excluding tert-OH is 1. The molecular weight excluding hydrogens is 538 g/mol. The summed E-state index contributed by atoms with van der Waals surface area (Å²) < 4.78 is 10.9. The van der Waals surface area contributed by atoms with Crippen molar-refractivity contribution in [3.8, 4) is 0 Å². The number of nitrogens with zero attached hydrogens (tertiary/aromatic N) is 1. The Balaban J connectivity index is 1.77. The molecule has 9 heteroatoms. The average Bonchev–Trinajstić information content (AvgIpc) is 2.97. The van der Waals surface area contributed by atoms with E-state index in [4.69, 9.17) is 14.3 Å². The van der Waals surface area contributed by atoms with Gasteiger partial charge in [-0.1, -0.05) is 68.9 Å². The molecule has 0 radical (unpaired) electrons. The molecule has 0 heterocycles. The van der Waals surface area contributed by atoms with Crippen molar-refractivity contribution >= 4 is 29.2 Å². The molecule has 2 aliphatic carbocycles. The number of fused-ring (bicyclic) bond motifs is 1. The van der Waals surface area contributed by atoms with E-state index in [2.05, 4.69) is 11.7 Å². The monoisotopic (exact) mass is 581 g/mol. The number of hydrogen-bond donors (Lipinski definition) is 1. The van der Waals surface area contributed by atoms with Crippen LogP contribution in [0.15, 0.2) is 59.8 Å². The summed E-state index contributed by atoms with van der Waals surface area (Å²) in [7, 11) is 0. The second-order valence-corrected chi connectivity index (χ2v) is 11.2. The topological polar surface area (TPSA) is 129 Å². The number of allylic oxidation sites excluding steroid dienone is 1. The molecule has 0 spiro atoms. The fraction of sp³-hybridized carbons (Fsp3) is 0.545. The summed E-state index contributed by atoms with van der Waals surface area (Å²) >= 11 is 0. The third kappa shape index (κ3) is 9.21. The van der Waals surface area contributed by atoms with Crippen molar-refractivity contribution in [1.82, 2.24) is 0 Å². The number of Topliss-reactive ketones (excluding diaryl/α,β-unsaturated/α-hetero) is 1. The number of esters is 2. The molecule has 1 fully saturated rings. The van der Waals surface area contributed by atoms with Crippen LogP contribution in [0.3, 0.4) is 0 Å². The lowest BCUT2D eigenvalue weighted by Gasteiger charge is -2.43. The second kappa shape index (κ2) is 16.2. The van der Waals surface area contributed by atoms with Crippen LogP contribution in [0, 0.1) is 23.7 Å². The molecule has 0 bridgehead atoms. The second-order valence-electron chi connectivity index (χ2n) is 11.2. The number of carbonyl (C=O) groups is 4. The number of oxime groups is 1. The van der Waals surface area contributed by atoms with Crippen molar-refractivity contribution in [2.45, 2.75) is 84.5 Å². The molecule has 9 nitrogen and oxygen atoms in total. The fourth-order valence-corrected chi connectivity index (χ4v) is 5.51. The zero-order valence-corrected chi connectivity index (χ0v) is 24.8. The zero-order valence-electron chi connectivity index (χ0n) is 24.8. The van der Waals surface area contributed by atoms with E-state index in [0.29, 0.717) is 37.0 Å². The number of carbonyl (C=O) groups excluding carboxylic acids is 4. The van der Waals surface area contributed by atoms with Gasteiger partial charge in [0.2, 0.25) is 0 Å². The highest BCUT2D eigenvalue weighted by molar-refractivity contribution is 6.08. The molecule has 1 aromatic carbocycles. The van der Waals surface area contributed by atoms with Gasteiger partial charge in [-0.05, 0) is 48.8 Å². The van der Waals surface area contributed by atoms with Gasteiger partial charge in [0.25, 0.3) is 0 Å². The van der Waals surface area contributed by atoms with E-state index < -0.39 is 24.1 Å². The Morgan fingerprint density at radius 3 is 2.62 bits per heavy atom. The first kappa shape index (κ1) is 32.9. The first-order valence-electron chi connectivity index (χ1n) is 14.8. The van der Waals surface area contributed by atoms with E-state index in [1.165, 1.54) is 6.08 Å². The van der Waals surface area contributed by atoms with E-state index in [1.54, 1.807) is 6.08 Å². The van der Waals surface area contributed by atoms with Gasteiger partial charge < -0.3 is 19.4 Å². The molecule has 1 saturated carbocycles. The van der Waals surface area contributed by atoms with Gasteiger partial charge in [0.1, 0.15) is 25.1 Å². The Morgan fingerprint density at radius 1 is 1.19 bits per heavy atom. The normalized spacial score (nSPS) is 24.1. The predicted octanol–water partition coefficient (Wildman–Crippen LogP) is 4.91. The SMILES string of the molecule is C=CCOC(=O)CC(O)CC(=O)CCC1C(C)C(=O)C=C2/C(=N\OCc3ccccc3)CCC(OC(=O)C(C)CC)C21. The first-order chi connectivity index (χ1) is 20.1. The Labute approximate surface area is 248 Å². The van der Waals surface area contributed by atoms with Crippen molar-refractivity contribution in [2.24, 2.45) is 28.8 Å². The molecule has 6 unspecified atom stereocenters. The standard InChI is InChI=1S/C33H43NO8/c1-5-16-40-31(38)18-25(36)17-24(35)12-13-26-22(4)29(37)19-27-28(34-41-20-23-10-8-7-9-11-23)14-15-30(32(26)27)42-33(39)21(3)6-2/h5,7-11,19,21-22,25-26,30,32,36H,1,6,12-18,20H2,2-4H3/b34-28-. The van der Waals surface area contributed by atoms with Gasteiger partial charge in [-0.2, -0.15) is 0 Å². The minimum Gasteiger partial charge on any atom is -0.461 e. The number of rotatable bonds is 15. The summed E-state index contributed by atoms with van der Waals surface area (Å²) in [5, 5.41) is 14.6. The van der Waals surface area contributed by atoms with Gasteiger partial charge >= 0.3 is 11.9 Å². The van der Waals surface area contributed by atoms with Gasteiger partial charge in [0, 0.05) is 24.7 Å². The van der Waals surface area contributed by atoms with Crippen LogP contribution >= 0.6 is 0 Å². The summed E-state index contributed by atoms with van der Waals surface area (Å²) in [5.74, 6) is -2.47. The first-order valence-corrected chi connectivity index (χ1v) is 14.8. The van der Waals surface area contributed by atoms with Crippen LogP contribution < -0.4 is 0 Å². The summed E-state index contributed by atoms with van der Waals surface area (Å²) in [5.41, 5.74) is 2.31. The molecule has 228 valence electrons. The Kier molecular flexibility index (Phi) is 12.7. The van der Waals surface area contributed by atoms with Crippen LogP contribution in [0.25, 0.3) is 0 Å². The van der Waals surface area contributed by atoms with E-state index in [-0.39, 0.29) is 67.8 Å². The molecule has 0 amide bonds. The molecule has 42 heavy (non-hydrogen) atoms. The van der Waals surface area contributed by atoms with E-state index >= 15 is 0 Å². The van der Waals surface area contributed by atoms with Gasteiger partial charge in [0.15, 0.2) is 5.78 Å². The van der Waals surface area contributed by atoms with Crippen LogP contribution in [0.2, 0.25) is 0 Å². The minimum absolute atomic E-state index is 0.0374. The quantitative estimate of drug-likeness (QED) is 0.176. The zero-order chi connectivity index (χ0) is 30.6. The predicted molar refractivity (Wildman–Crippen MR) is 157 cm³/mol. The Bertz CT molecular complexity index is 1170. The lowest BCUT2D eigenvalue weighted by Crippen LogP contribution is -2.46. The van der Waals surface area contributed by atoms with Crippen LogP contribution in [0.4, 0.5) is 0 Å². The summed E-state index contributed by atoms with van der Waals surface area (Å²) in [6.07, 6.45) is 3.03. The van der Waals surface area contributed by atoms with Crippen molar-refractivity contribution < 1.29 is 38.6 Å². The molecule has 2 aliphatic rings. The summed E-state index contributed by atoms with van der Waals surface area (Å²) in [6, 6.07) is 9.64. The number of ketones is 2. The molecule has 1 aromatic rings. The molecular formula is C33H43NO8. The summed E-state index contributed by atoms with van der Waals surface area (Å²) in [6.45, 7) is 9.37. The Morgan fingerprint density at radius 2 is 1.93 bits per heavy atom. The van der Waals surface area contributed by atoms with Gasteiger partial charge in [-0.3, -0.25) is 19.2 Å². The number of hydrogen-bond acceptors (Lipinski definition) is 9. The fourth-order valence-electron chi connectivity index (χ4n) is 5.51. The maximum absolute atomic E-state index is 13.2. The molecule has 0 aliphatic heterocycles. The molecule has 0 saturated heterocycles. The van der Waals surface area contributed by atoms with Crippen LogP contribution in [0.5, 0.6) is 0 Å². The Hall–Kier alpha value is -3.59. The van der Waals surface area contributed by atoms with Crippen LogP contribution in [0.1, 0.15) is 71.3 Å². The number of aliphatic hydroxyl groups is 1. The van der Waals surface area contributed by atoms with E-state index in [9.17, 15) is 24.3 Å². The van der Waals surface area contributed by atoms with Gasteiger partial charge in [-0.25, -0.2) is 0 Å². The molecule has 0 aromatic heterocycles.